The average Bonchev–Trinajstić information content (AvgIpc) is 3.46. The highest BCUT2D eigenvalue weighted by Gasteiger charge is 2.47. The topological polar surface area (TPSA) is 34.1 Å². The van der Waals surface area contributed by atoms with Crippen LogP contribution in [0.2, 0.25) is 0 Å². The summed E-state index contributed by atoms with van der Waals surface area (Å²) in [7, 11) is 0. The molecule has 0 bridgehead atoms. The Kier molecular flexibility index (Phi) is 5.47. The minimum atomic E-state index is 0.0712. The van der Waals surface area contributed by atoms with Gasteiger partial charge in [0.25, 0.3) is 0 Å². The quantitative estimate of drug-likeness (QED) is 0.551. The number of carbonyl (C=O) groups is 2. The van der Waals surface area contributed by atoms with E-state index in [1.54, 1.807) is 0 Å². The smallest absolute Gasteiger partial charge is 0.223 e. The average molecular weight is 397 g/mol. The second-order valence-corrected chi connectivity index (χ2v) is 9.97. The van der Waals surface area contributed by atoms with E-state index in [4.69, 9.17) is 0 Å². The highest BCUT2D eigenvalue weighted by Crippen LogP contribution is 2.54. The SMILES string of the molecule is CC1=CC=C(SC(=O)c2ccc(SC(=O)C3=CCC(C)C4CC34)cc2)CC1. The second kappa shape index (κ2) is 7.84. The van der Waals surface area contributed by atoms with Crippen molar-refractivity contribution >= 4 is 33.8 Å². The van der Waals surface area contributed by atoms with E-state index >= 15 is 0 Å². The molecule has 3 atom stereocenters. The lowest BCUT2D eigenvalue weighted by Crippen LogP contribution is -2.10. The Morgan fingerprint density at radius 1 is 1.00 bits per heavy atom. The van der Waals surface area contributed by atoms with Gasteiger partial charge >= 0.3 is 0 Å². The zero-order chi connectivity index (χ0) is 19.0. The molecular weight excluding hydrogens is 372 g/mol. The van der Waals surface area contributed by atoms with Crippen LogP contribution in [-0.2, 0) is 4.79 Å². The van der Waals surface area contributed by atoms with Gasteiger partial charge in [-0.3, -0.25) is 9.59 Å². The van der Waals surface area contributed by atoms with Crippen LogP contribution in [0.1, 0.15) is 49.9 Å². The van der Waals surface area contributed by atoms with Crippen LogP contribution in [0.15, 0.2) is 63.4 Å². The first-order valence-corrected chi connectivity index (χ1v) is 11.3. The molecule has 27 heavy (non-hydrogen) atoms. The van der Waals surface area contributed by atoms with Crippen molar-refractivity contribution in [1.82, 2.24) is 0 Å². The van der Waals surface area contributed by atoms with Gasteiger partial charge in [-0.25, -0.2) is 0 Å². The van der Waals surface area contributed by atoms with Crippen LogP contribution in [0.4, 0.5) is 0 Å². The molecule has 0 spiro atoms. The van der Waals surface area contributed by atoms with Crippen molar-refractivity contribution in [1.29, 1.82) is 0 Å². The van der Waals surface area contributed by atoms with Crippen molar-refractivity contribution in [3.63, 3.8) is 0 Å². The third-order valence-electron chi connectivity index (χ3n) is 5.76. The minimum Gasteiger partial charge on any atom is -0.282 e. The zero-order valence-corrected chi connectivity index (χ0v) is 17.4. The molecule has 2 nitrogen and oxygen atoms in total. The number of fused-ring (bicyclic) bond motifs is 1. The lowest BCUT2D eigenvalue weighted by molar-refractivity contribution is -0.108. The summed E-state index contributed by atoms with van der Waals surface area (Å²) in [5, 5.41) is 0.249. The number of rotatable bonds is 4. The van der Waals surface area contributed by atoms with E-state index in [1.807, 2.05) is 30.3 Å². The van der Waals surface area contributed by atoms with Crippen molar-refractivity contribution in [3.05, 3.63) is 64.1 Å². The molecule has 140 valence electrons. The second-order valence-electron chi connectivity index (χ2n) is 7.83. The summed E-state index contributed by atoms with van der Waals surface area (Å²) in [5.41, 5.74) is 3.07. The lowest BCUT2D eigenvalue weighted by Gasteiger charge is -2.16. The first-order valence-electron chi connectivity index (χ1n) is 9.62. The largest absolute Gasteiger partial charge is 0.282 e. The van der Waals surface area contributed by atoms with Gasteiger partial charge in [0.2, 0.25) is 10.2 Å². The molecule has 0 radical (unpaired) electrons. The molecule has 3 aliphatic rings. The van der Waals surface area contributed by atoms with E-state index in [9.17, 15) is 9.59 Å². The van der Waals surface area contributed by atoms with Gasteiger partial charge in [-0.1, -0.05) is 42.5 Å². The summed E-state index contributed by atoms with van der Waals surface area (Å²) in [4.78, 5) is 27.1. The van der Waals surface area contributed by atoms with E-state index < -0.39 is 0 Å². The maximum absolute atomic E-state index is 12.6. The number of hydrogen-bond acceptors (Lipinski definition) is 4. The number of thioether (sulfide) groups is 2. The maximum atomic E-state index is 12.6. The molecule has 3 unspecified atom stereocenters. The molecule has 4 rings (SSSR count). The van der Waals surface area contributed by atoms with Gasteiger partial charge < -0.3 is 0 Å². The molecular formula is C23H24O2S2. The fourth-order valence-electron chi connectivity index (χ4n) is 3.89. The maximum Gasteiger partial charge on any atom is 0.223 e. The number of allylic oxidation sites excluding steroid dienone is 5. The Labute approximate surface area is 169 Å². The van der Waals surface area contributed by atoms with Crippen LogP contribution in [0.5, 0.6) is 0 Å². The highest BCUT2D eigenvalue weighted by molar-refractivity contribution is 8.17. The molecule has 0 N–H and O–H groups in total. The Bertz CT molecular complexity index is 861. The molecule has 0 aliphatic heterocycles. The van der Waals surface area contributed by atoms with Crippen molar-refractivity contribution in [2.45, 2.75) is 44.4 Å². The van der Waals surface area contributed by atoms with Crippen LogP contribution in [-0.4, -0.2) is 10.2 Å². The summed E-state index contributed by atoms with van der Waals surface area (Å²) < 4.78 is 0. The van der Waals surface area contributed by atoms with Gasteiger partial charge in [0, 0.05) is 16.0 Å². The predicted octanol–water partition coefficient (Wildman–Crippen LogP) is 6.41. The Morgan fingerprint density at radius 3 is 2.48 bits per heavy atom. The molecule has 0 aromatic heterocycles. The van der Waals surface area contributed by atoms with Gasteiger partial charge in [-0.05, 0) is 91.3 Å². The fourth-order valence-corrected chi connectivity index (χ4v) is 5.56. The third kappa shape index (κ3) is 4.33. The van der Waals surface area contributed by atoms with Crippen molar-refractivity contribution < 1.29 is 9.59 Å². The Balaban J connectivity index is 1.36. The van der Waals surface area contributed by atoms with E-state index in [0.717, 1.165) is 46.5 Å². The molecule has 4 heteroatoms. The molecule has 0 saturated heterocycles. The number of hydrogen-bond donors (Lipinski definition) is 0. The molecule has 0 amide bonds. The van der Waals surface area contributed by atoms with Crippen LogP contribution in [0.25, 0.3) is 0 Å². The van der Waals surface area contributed by atoms with Gasteiger partial charge in [-0.2, -0.15) is 0 Å². The van der Waals surface area contributed by atoms with Crippen molar-refractivity contribution in [2.75, 3.05) is 0 Å². The predicted molar refractivity (Wildman–Crippen MR) is 114 cm³/mol. The first-order chi connectivity index (χ1) is 13.0. The monoisotopic (exact) mass is 396 g/mol. The summed E-state index contributed by atoms with van der Waals surface area (Å²) >= 11 is 2.61. The van der Waals surface area contributed by atoms with Gasteiger partial charge in [0.15, 0.2) is 0 Å². The van der Waals surface area contributed by atoms with E-state index in [1.165, 1.54) is 35.5 Å². The van der Waals surface area contributed by atoms with Gasteiger partial charge in [-0.15, -0.1) is 0 Å². The van der Waals surface area contributed by atoms with E-state index in [0.29, 0.717) is 11.5 Å². The van der Waals surface area contributed by atoms with Gasteiger partial charge in [0.1, 0.15) is 0 Å². The Hall–Kier alpha value is -1.52. The fraction of sp³-hybridized carbons (Fsp3) is 0.391. The molecule has 1 saturated carbocycles. The van der Waals surface area contributed by atoms with Crippen LogP contribution in [0.3, 0.4) is 0 Å². The standard InChI is InChI=1S/C23H24O2S2/c1-14-3-8-17(9-4-14)26-22(24)16-6-10-18(11-7-16)27-23(25)19-12-5-15(2)20-13-21(19)20/h3,6-8,10-12,15,20-21H,4-5,9,13H2,1-2H3. The summed E-state index contributed by atoms with van der Waals surface area (Å²) in [6, 6.07) is 7.47. The summed E-state index contributed by atoms with van der Waals surface area (Å²) in [6.45, 7) is 4.40. The Morgan fingerprint density at radius 2 is 1.78 bits per heavy atom. The first kappa shape index (κ1) is 18.8. The lowest BCUT2D eigenvalue weighted by atomic mass is 9.92. The van der Waals surface area contributed by atoms with Gasteiger partial charge in [0.05, 0.1) is 0 Å². The van der Waals surface area contributed by atoms with E-state index in [2.05, 4.69) is 26.0 Å². The highest BCUT2D eigenvalue weighted by atomic mass is 32.2. The molecule has 1 fully saturated rings. The van der Waals surface area contributed by atoms with Crippen LogP contribution in [0, 0.1) is 17.8 Å². The van der Waals surface area contributed by atoms with E-state index in [-0.39, 0.29) is 10.2 Å². The normalized spacial score (nSPS) is 26.4. The zero-order valence-electron chi connectivity index (χ0n) is 15.7. The summed E-state index contributed by atoms with van der Waals surface area (Å²) in [5.74, 6) is 1.93. The van der Waals surface area contributed by atoms with Crippen LogP contribution < -0.4 is 0 Å². The molecule has 1 aromatic carbocycles. The minimum absolute atomic E-state index is 0.0712. The van der Waals surface area contributed by atoms with Crippen molar-refractivity contribution in [2.24, 2.45) is 17.8 Å². The number of benzene rings is 1. The molecule has 0 heterocycles. The van der Waals surface area contributed by atoms with Crippen LogP contribution >= 0.6 is 23.5 Å². The third-order valence-corrected chi connectivity index (χ3v) is 7.71. The van der Waals surface area contributed by atoms with Crippen molar-refractivity contribution in [3.8, 4) is 0 Å². The molecule has 1 aromatic rings. The molecule has 3 aliphatic carbocycles. The number of carbonyl (C=O) groups excluding carboxylic acids is 2. The summed E-state index contributed by atoms with van der Waals surface area (Å²) in [6.07, 6.45) is 10.5.